The molecule has 1 atom stereocenters. The highest BCUT2D eigenvalue weighted by atomic mass is 19.1. The number of H-pyrrole nitrogens is 2. The smallest absolute Gasteiger partial charge is 0.123 e. The second-order valence-electron chi connectivity index (χ2n) is 5.96. The highest BCUT2D eigenvalue weighted by Gasteiger charge is 2.34. The van der Waals surface area contributed by atoms with Crippen molar-refractivity contribution in [1.29, 1.82) is 0 Å². The summed E-state index contributed by atoms with van der Waals surface area (Å²) in [5.41, 5.74) is 4.00. The highest BCUT2D eigenvalue weighted by Crippen LogP contribution is 2.41. The van der Waals surface area contributed by atoms with Gasteiger partial charge in [0, 0.05) is 29.0 Å². The first-order valence-corrected chi connectivity index (χ1v) is 7.66. The number of hydrogen-bond acceptors (Lipinski definition) is 0. The van der Waals surface area contributed by atoms with E-state index in [0.29, 0.717) is 0 Å². The Hall–Kier alpha value is -2.81. The van der Waals surface area contributed by atoms with Gasteiger partial charge in [0.2, 0.25) is 0 Å². The van der Waals surface area contributed by atoms with Crippen molar-refractivity contribution < 1.29 is 4.39 Å². The topological polar surface area (TPSA) is 31.6 Å². The van der Waals surface area contributed by atoms with E-state index in [1.807, 2.05) is 36.5 Å². The van der Waals surface area contributed by atoms with Gasteiger partial charge in [0.25, 0.3) is 0 Å². The van der Waals surface area contributed by atoms with Gasteiger partial charge in [0.15, 0.2) is 0 Å². The molecule has 114 valence electrons. The lowest BCUT2D eigenvalue weighted by molar-refractivity contribution is 0.621. The largest absolute Gasteiger partial charge is 0.364 e. The molecular weight excluding hydrogens is 287 g/mol. The molecule has 2 aromatic carbocycles. The Balaban J connectivity index is 2.01. The number of rotatable bonds is 3. The first-order chi connectivity index (χ1) is 11.2. The molecule has 0 aliphatic carbocycles. The summed E-state index contributed by atoms with van der Waals surface area (Å²) >= 11 is 0. The monoisotopic (exact) mass is 304 g/mol. The number of hydrogen-bond donors (Lipinski definition) is 2. The highest BCUT2D eigenvalue weighted by molar-refractivity contribution is 5.85. The molecule has 4 rings (SSSR count). The molecule has 0 amide bonds. The van der Waals surface area contributed by atoms with Crippen LogP contribution in [-0.2, 0) is 5.41 Å². The van der Waals surface area contributed by atoms with Crippen molar-refractivity contribution >= 4 is 10.9 Å². The number of fused-ring (bicyclic) bond motifs is 1. The number of aromatic amines is 2. The number of nitrogens with one attached hydrogen (secondary N) is 2. The zero-order valence-corrected chi connectivity index (χ0v) is 12.8. The van der Waals surface area contributed by atoms with E-state index in [9.17, 15) is 4.39 Å². The van der Waals surface area contributed by atoms with Gasteiger partial charge in [-0.25, -0.2) is 4.39 Å². The third kappa shape index (κ3) is 2.08. The van der Waals surface area contributed by atoms with Crippen LogP contribution in [0.25, 0.3) is 10.9 Å². The van der Waals surface area contributed by atoms with Crippen LogP contribution in [0, 0.1) is 5.82 Å². The SMILES string of the molecule is C[C@@](c1ccc(F)cc1)(c1ccc[nH]1)c1c[nH]c2ccccc12. The Labute approximate surface area is 134 Å². The Morgan fingerprint density at radius 1 is 0.870 bits per heavy atom. The van der Waals surface area contributed by atoms with E-state index >= 15 is 0 Å². The normalized spacial score (nSPS) is 14.0. The van der Waals surface area contributed by atoms with Crippen molar-refractivity contribution in [3.63, 3.8) is 0 Å². The minimum Gasteiger partial charge on any atom is -0.364 e. The summed E-state index contributed by atoms with van der Waals surface area (Å²) in [6.45, 7) is 2.17. The van der Waals surface area contributed by atoms with Crippen LogP contribution < -0.4 is 0 Å². The fourth-order valence-corrected chi connectivity index (χ4v) is 3.37. The average Bonchev–Trinajstić information content (AvgIpc) is 3.25. The van der Waals surface area contributed by atoms with Crippen molar-refractivity contribution in [1.82, 2.24) is 9.97 Å². The molecule has 4 aromatic rings. The molecule has 0 fully saturated rings. The van der Waals surface area contributed by atoms with Gasteiger partial charge in [-0.05, 0) is 48.4 Å². The van der Waals surface area contributed by atoms with Crippen LogP contribution in [0.4, 0.5) is 4.39 Å². The number of para-hydroxylation sites is 1. The van der Waals surface area contributed by atoms with Gasteiger partial charge >= 0.3 is 0 Å². The number of benzene rings is 2. The Morgan fingerprint density at radius 3 is 2.39 bits per heavy atom. The molecule has 2 N–H and O–H groups in total. The summed E-state index contributed by atoms with van der Waals surface area (Å²) in [7, 11) is 0. The maximum Gasteiger partial charge on any atom is 0.123 e. The molecule has 0 saturated carbocycles. The van der Waals surface area contributed by atoms with E-state index in [4.69, 9.17) is 0 Å². The van der Waals surface area contributed by atoms with E-state index in [0.717, 1.165) is 16.8 Å². The van der Waals surface area contributed by atoms with Gasteiger partial charge < -0.3 is 9.97 Å². The van der Waals surface area contributed by atoms with Gasteiger partial charge in [-0.1, -0.05) is 30.3 Å². The van der Waals surface area contributed by atoms with Crippen LogP contribution >= 0.6 is 0 Å². The molecule has 0 radical (unpaired) electrons. The van der Waals surface area contributed by atoms with Crippen LogP contribution in [0.3, 0.4) is 0 Å². The minimum atomic E-state index is -0.392. The second kappa shape index (κ2) is 5.13. The third-order valence-corrected chi connectivity index (χ3v) is 4.69. The summed E-state index contributed by atoms with van der Waals surface area (Å²) < 4.78 is 13.4. The van der Waals surface area contributed by atoms with Crippen molar-refractivity contribution in [2.45, 2.75) is 12.3 Å². The molecule has 0 spiro atoms. The van der Waals surface area contributed by atoms with E-state index in [1.165, 1.54) is 23.1 Å². The molecular formula is C20H17FN2. The first kappa shape index (κ1) is 13.8. The summed E-state index contributed by atoms with van der Waals surface area (Å²) in [6, 6.07) is 19.1. The minimum absolute atomic E-state index is 0.221. The van der Waals surface area contributed by atoms with Crippen LogP contribution in [0.5, 0.6) is 0 Å². The van der Waals surface area contributed by atoms with Crippen molar-refractivity contribution in [3.8, 4) is 0 Å². The molecule has 0 saturated heterocycles. The molecule has 0 aliphatic heterocycles. The maximum absolute atomic E-state index is 13.4. The van der Waals surface area contributed by atoms with Crippen LogP contribution in [-0.4, -0.2) is 9.97 Å². The van der Waals surface area contributed by atoms with Gasteiger partial charge in [-0.15, -0.1) is 0 Å². The molecule has 3 heteroatoms. The van der Waals surface area contributed by atoms with E-state index in [1.54, 1.807) is 0 Å². The summed E-state index contributed by atoms with van der Waals surface area (Å²) in [6.07, 6.45) is 3.97. The standard InChI is InChI=1S/C20H17FN2/c1-20(19-7-4-12-22-19,14-8-10-15(21)11-9-14)17-13-23-18-6-3-2-5-16(17)18/h2-13,22-23H,1H3/t20-/m0/s1. The first-order valence-electron chi connectivity index (χ1n) is 7.66. The molecule has 23 heavy (non-hydrogen) atoms. The quantitative estimate of drug-likeness (QED) is 0.534. The third-order valence-electron chi connectivity index (χ3n) is 4.69. The van der Waals surface area contributed by atoms with E-state index in [-0.39, 0.29) is 5.82 Å². The predicted molar refractivity (Wildman–Crippen MR) is 91.0 cm³/mol. The molecule has 2 nitrogen and oxygen atoms in total. The van der Waals surface area contributed by atoms with Gasteiger partial charge in [0.05, 0.1) is 5.41 Å². The maximum atomic E-state index is 13.4. The summed E-state index contributed by atoms with van der Waals surface area (Å²) in [4.78, 5) is 6.69. The van der Waals surface area contributed by atoms with Crippen molar-refractivity contribution in [3.05, 3.63) is 95.7 Å². The van der Waals surface area contributed by atoms with E-state index < -0.39 is 5.41 Å². The van der Waals surface area contributed by atoms with Gasteiger partial charge in [-0.3, -0.25) is 0 Å². The lowest BCUT2D eigenvalue weighted by Gasteiger charge is -2.29. The Kier molecular flexibility index (Phi) is 3.08. The van der Waals surface area contributed by atoms with Crippen molar-refractivity contribution in [2.75, 3.05) is 0 Å². The molecule has 0 unspecified atom stereocenters. The van der Waals surface area contributed by atoms with Crippen LogP contribution in [0.2, 0.25) is 0 Å². The van der Waals surface area contributed by atoms with E-state index in [2.05, 4.69) is 41.3 Å². The number of aromatic nitrogens is 2. The van der Waals surface area contributed by atoms with Crippen molar-refractivity contribution in [2.24, 2.45) is 0 Å². The second-order valence-corrected chi connectivity index (χ2v) is 5.96. The number of halogens is 1. The molecule has 0 bridgehead atoms. The average molecular weight is 304 g/mol. The summed E-state index contributed by atoms with van der Waals surface area (Å²) in [5.74, 6) is -0.221. The fraction of sp³-hybridized carbons (Fsp3) is 0.100. The molecule has 2 heterocycles. The molecule has 0 aliphatic rings. The predicted octanol–water partition coefficient (Wildman–Crippen LogP) is 4.99. The Bertz CT molecular complexity index is 935. The molecule has 2 aromatic heterocycles. The lowest BCUT2D eigenvalue weighted by atomic mass is 9.73. The van der Waals surface area contributed by atoms with Gasteiger partial charge in [-0.2, -0.15) is 0 Å². The Morgan fingerprint density at radius 2 is 1.65 bits per heavy atom. The lowest BCUT2D eigenvalue weighted by Crippen LogP contribution is -2.25. The van der Waals surface area contributed by atoms with Gasteiger partial charge in [0.1, 0.15) is 5.82 Å². The fourth-order valence-electron chi connectivity index (χ4n) is 3.37. The summed E-state index contributed by atoms with van der Waals surface area (Å²) in [5, 5.41) is 1.17. The zero-order chi connectivity index (χ0) is 15.9. The van der Waals surface area contributed by atoms with Crippen LogP contribution in [0.15, 0.2) is 73.1 Å². The van der Waals surface area contributed by atoms with Crippen LogP contribution in [0.1, 0.15) is 23.7 Å². The zero-order valence-electron chi connectivity index (χ0n) is 12.8.